The van der Waals surface area contributed by atoms with Crippen LogP contribution < -0.4 is 0 Å². The molecule has 0 heterocycles. The zero-order valence-electron chi connectivity index (χ0n) is 7.67. The van der Waals surface area contributed by atoms with Crippen LogP contribution in [-0.4, -0.2) is 18.4 Å². The molecule has 0 saturated heterocycles. The molecule has 2 nitrogen and oxygen atoms in total. The number of halogens is 2. The molecule has 1 aromatic carbocycles. The van der Waals surface area contributed by atoms with Crippen LogP contribution in [-0.2, 0) is 4.74 Å². The number of ether oxygens (including phenoxy) is 1. The SMILES string of the molecule is COC(=O)c1ccc([C@@H](Br)CBr)cc1. The molecule has 1 aromatic rings. The van der Waals surface area contributed by atoms with E-state index in [1.807, 2.05) is 12.1 Å². The molecular weight excluding hydrogens is 312 g/mol. The highest BCUT2D eigenvalue weighted by Gasteiger charge is 2.08. The Hall–Kier alpha value is -0.350. The Morgan fingerprint density at radius 3 is 2.43 bits per heavy atom. The molecule has 0 radical (unpaired) electrons. The van der Waals surface area contributed by atoms with Gasteiger partial charge in [-0.15, -0.1) is 0 Å². The lowest BCUT2D eigenvalue weighted by Gasteiger charge is -2.06. The van der Waals surface area contributed by atoms with Gasteiger partial charge in [-0.2, -0.15) is 0 Å². The van der Waals surface area contributed by atoms with Gasteiger partial charge in [-0.1, -0.05) is 44.0 Å². The van der Waals surface area contributed by atoms with Gasteiger partial charge >= 0.3 is 5.97 Å². The van der Waals surface area contributed by atoms with Crippen molar-refractivity contribution in [2.45, 2.75) is 4.83 Å². The summed E-state index contributed by atoms with van der Waals surface area (Å²) < 4.78 is 4.60. The van der Waals surface area contributed by atoms with Gasteiger partial charge < -0.3 is 4.74 Å². The van der Waals surface area contributed by atoms with E-state index in [4.69, 9.17) is 0 Å². The van der Waals surface area contributed by atoms with E-state index < -0.39 is 0 Å². The van der Waals surface area contributed by atoms with Crippen molar-refractivity contribution in [1.82, 2.24) is 0 Å². The molecule has 0 amide bonds. The van der Waals surface area contributed by atoms with Crippen molar-refractivity contribution in [3.63, 3.8) is 0 Å². The first kappa shape index (κ1) is 11.7. The maximum absolute atomic E-state index is 11.1. The van der Waals surface area contributed by atoms with Crippen LogP contribution in [0.15, 0.2) is 24.3 Å². The Bertz CT molecular complexity index is 308. The first-order chi connectivity index (χ1) is 6.69. The summed E-state index contributed by atoms with van der Waals surface area (Å²) in [5.41, 5.74) is 1.71. The number of alkyl halides is 2. The minimum Gasteiger partial charge on any atom is -0.465 e. The summed E-state index contributed by atoms with van der Waals surface area (Å²) in [4.78, 5) is 11.4. The molecule has 0 aliphatic heterocycles. The molecule has 0 aliphatic carbocycles. The zero-order valence-corrected chi connectivity index (χ0v) is 10.8. The summed E-state index contributed by atoms with van der Waals surface area (Å²) in [5, 5.41) is 0.838. The van der Waals surface area contributed by atoms with Crippen LogP contribution >= 0.6 is 31.9 Å². The van der Waals surface area contributed by atoms with Crippen molar-refractivity contribution in [2.75, 3.05) is 12.4 Å². The third-order valence-corrected chi connectivity index (χ3v) is 4.20. The number of esters is 1. The minimum atomic E-state index is -0.304. The molecule has 0 spiro atoms. The van der Waals surface area contributed by atoms with E-state index in [0.29, 0.717) is 5.56 Å². The van der Waals surface area contributed by atoms with Crippen molar-refractivity contribution < 1.29 is 9.53 Å². The number of carbonyl (C=O) groups excluding carboxylic acids is 1. The van der Waals surface area contributed by atoms with E-state index >= 15 is 0 Å². The maximum Gasteiger partial charge on any atom is 0.337 e. The van der Waals surface area contributed by atoms with Gasteiger partial charge in [-0.3, -0.25) is 0 Å². The zero-order chi connectivity index (χ0) is 10.6. The smallest absolute Gasteiger partial charge is 0.337 e. The lowest BCUT2D eigenvalue weighted by molar-refractivity contribution is 0.0600. The molecule has 76 valence electrons. The molecular formula is C10H10Br2O2. The highest BCUT2D eigenvalue weighted by atomic mass is 79.9. The second kappa shape index (κ2) is 5.51. The summed E-state index contributed by atoms with van der Waals surface area (Å²) in [6.45, 7) is 0. The first-order valence-electron chi connectivity index (χ1n) is 4.07. The standard InChI is InChI=1S/C10H10Br2O2/c1-14-10(13)8-4-2-7(3-5-8)9(12)6-11/h2-5,9H,6H2,1H3/t9-/m0/s1. The number of hydrogen-bond donors (Lipinski definition) is 0. The third-order valence-electron chi connectivity index (χ3n) is 1.83. The molecule has 0 N–H and O–H groups in total. The Morgan fingerprint density at radius 1 is 1.43 bits per heavy atom. The monoisotopic (exact) mass is 320 g/mol. The van der Waals surface area contributed by atoms with E-state index in [-0.39, 0.29) is 10.8 Å². The molecule has 0 aliphatic rings. The molecule has 14 heavy (non-hydrogen) atoms. The summed E-state index contributed by atoms with van der Waals surface area (Å²) >= 11 is 6.87. The Balaban J connectivity index is 2.83. The molecule has 0 aromatic heterocycles. The van der Waals surface area contributed by atoms with Crippen molar-refractivity contribution in [2.24, 2.45) is 0 Å². The largest absolute Gasteiger partial charge is 0.465 e. The summed E-state index contributed by atoms with van der Waals surface area (Å²) in [5.74, 6) is -0.304. The highest BCUT2D eigenvalue weighted by molar-refractivity contribution is 9.12. The Labute approximate surface area is 99.9 Å². The predicted molar refractivity (Wildman–Crippen MR) is 63.2 cm³/mol. The van der Waals surface area contributed by atoms with Gasteiger partial charge in [0.25, 0.3) is 0 Å². The molecule has 1 rings (SSSR count). The first-order valence-corrected chi connectivity index (χ1v) is 6.11. The molecule has 0 fully saturated rings. The Morgan fingerprint density at radius 2 is 2.00 bits per heavy atom. The van der Waals surface area contributed by atoms with E-state index in [1.54, 1.807) is 12.1 Å². The van der Waals surface area contributed by atoms with Crippen LogP contribution in [0.3, 0.4) is 0 Å². The van der Waals surface area contributed by atoms with E-state index in [1.165, 1.54) is 7.11 Å². The van der Waals surface area contributed by atoms with Crippen LogP contribution in [0.2, 0.25) is 0 Å². The van der Waals surface area contributed by atoms with E-state index in [0.717, 1.165) is 10.9 Å². The van der Waals surface area contributed by atoms with Gasteiger partial charge in [-0.05, 0) is 17.7 Å². The van der Waals surface area contributed by atoms with E-state index in [2.05, 4.69) is 36.6 Å². The van der Waals surface area contributed by atoms with Crippen molar-refractivity contribution >= 4 is 37.8 Å². The normalized spacial score (nSPS) is 12.2. The summed E-state index contributed by atoms with van der Waals surface area (Å²) in [6, 6.07) is 7.34. The predicted octanol–water partition coefficient (Wildman–Crippen LogP) is 3.30. The fourth-order valence-electron chi connectivity index (χ4n) is 1.03. The van der Waals surface area contributed by atoms with E-state index in [9.17, 15) is 4.79 Å². The molecule has 0 unspecified atom stereocenters. The van der Waals surface area contributed by atoms with Gasteiger partial charge in [0.15, 0.2) is 0 Å². The average Bonchev–Trinajstić information content (AvgIpc) is 2.27. The third kappa shape index (κ3) is 2.82. The van der Waals surface area contributed by atoms with Crippen LogP contribution in [0.1, 0.15) is 20.7 Å². The second-order valence-corrected chi connectivity index (χ2v) is 4.49. The van der Waals surface area contributed by atoms with Gasteiger partial charge in [0.1, 0.15) is 0 Å². The van der Waals surface area contributed by atoms with Crippen molar-refractivity contribution in [3.8, 4) is 0 Å². The number of carbonyl (C=O) groups is 1. The van der Waals surface area contributed by atoms with Gasteiger partial charge in [0, 0.05) is 10.2 Å². The maximum atomic E-state index is 11.1. The van der Waals surface area contributed by atoms with Gasteiger partial charge in [0.05, 0.1) is 12.7 Å². The quantitative estimate of drug-likeness (QED) is 0.630. The Kier molecular flexibility index (Phi) is 4.62. The van der Waals surface area contributed by atoms with Crippen LogP contribution in [0.25, 0.3) is 0 Å². The molecule has 0 bridgehead atoms. The second-order valence-electron chi connectivity index (χ2n) is 2.74. The van der Waals surface area contributed by atoms with Crippen LogP contribution in [0.5, 0.6) is 0 Å². The number of hydrogen-bond acceptors (Lipinski definition) is 2. The van der Waals surface area contributed by atoms with Crippen molar-refractivity contribution in [1.29, 1.82) is 0 Å². The summed E-state index contributed by atoms with van der Waals surface area (Å²) in [6.07, 6.45) is 0. The van der Waals surface area contributed by atoms with Gasteiger partial charge in [-0.25, -0.2) is 4.79 Å². The minimum absolute atomic E-state index is 0.272. The number of methoxy groups -OCH3 is 1. The fraction of sp³-hybridized carbons (Fsp3) is 0.300. The topological polar surface area (TPSA) is 26.3 Å². The lowest BCUT2D eigenvalue weighted by Crippen LogP contribution is -2.01. The highest BCUT2D eigenvalue weighted by Crippen LogP contribution is 2.24. The lowest BCUT2D eigenvalue weighted by atomic mass is 10.1. The summed E-state index contributed by atoms with van der Waals surface area (Å²) in [7, 11) is 1.38. The average molecular weight is 322 g/mol. The number of benzene rings is 1. The fourth-order valence-corrected chi connectivity index (χ4v) is 1.71. The number of rotatable bonds is 3. The van der Waals surface area contributed by atoms with Crippen LogP contribution in [0.4, 0.5) is 0 Å². The molecule has 4 heteroatoms. The molecule has 1 atom stereocenters. The molecule has 0 saturated carbocycles. The van der Waals surface area contributed by atoms with Crippen LogP contribution in [0, 0.1) is 0 Å². The van der Waals surface area contributed by atoms with Gasteiger partial charge in [0.2, 0.25) is 0 Å². The van der Waals surface area contributed by atoms with Crippen molar-refractivity contribution in [3.05, 3.63) is 35.4 Å².